The van der Waals surface area contributed by atoms with Gasteiger partial charge in [-0.3, -0.25) is 0 Å². The summed E-state index contributed by atoms with van der Waals surface area (Å²) in [5, 5.41) is 0.140. The number of hydrogen-bond acceptors (Lipinski definition) is 0. The van der Waals surface area contributed by atoms with Crippen molar-refractivity contribution in [2.75, 3.05) is 0 Å². The highest BCUT2D eigenvalue weighted by molar-refractivity contribution is 9.11. The third kappa shape index (κ3) is 2.66. The summed E-state index contributed by atoms with van der Waals surface area (Å²) in [6, 6.07) is 6.28. The molecule has 0 heterocycles. The van der Waals surface area contributed by atoms with Crippen LogP contribution in [0.15, 0.2) is 27.1 Å². The molecule has 0 N–H and O–H groups in total. The van der Waals surface area contributed by atoms with Crippen LogP contribution in [-0.2, 0) is 0 Å². The molecule has 1 aromatic rings. The van der Waals surface area contributed by atoms with E-state index in [2.05, 4.69) is 50.1 Å². The summed E-state index contributed by atoms with van der Waals surface area (Å²) >= 11 is 13.8. The molecule has 2 aliphatic rings. The molecule has 0 aromatic heterocycles. The van der Waals surface area contributed by atoms with Gasteiger partial charge >= 0.3 is 0 Å². The summed E-state index contributed by atoms with van der Waals surface area (Å²) in [5.41, 5.74) is 1.23. The van der Waals surface area contributed by atoms with Crippen molar-refractivity contribution in [3.8, 4) is 0 Å². The van der Waals surface area contributed by atoms with Crippen molar-refractivity contribution in [1.82, 2.24) is 0 Å². The van der Waals surface area contributed by atoms with Gasteiger partial charge in [-0.15, -0.1) is 11.6 Å². The Morgan fingerprint density at radius 2 is 2.06 bits per heavy atom. The first-order chi connectivity index (χ1) is 8.63. The van der Waals surface area contributed by atoms with Gasteiger partial charge in [0.1, 0.15) is 0 Å². The van der Waals surface area contributed by atoms with Gasteiger partial charge in [-0.25, -0.2) is 0 Å². The second kappa shape index (κ2) is 5.46. The standard InChI is InChI=1S/C15H17Br2Cl/c16-12-3-4-14(17)13(8-12)15(18)7-11-6-9-1-2-10(11)5-9/h3-4,8-11,15H,1-2,5-7H2. The fourth-order valence-corrected chi connectivity index (χ4v) is 5.26. The van der Waals surface area contributed by atoms with E-state index in [1.165, 1.54) is 31.2 Å². The number of alkyl halides is 1. The van der Waals surface area contributed by atoms with Crippen molar-refractivity contribution in [3.05, 3.63) is 32.7 Å². The predicted molar refractivity (Wildman–Crippen MR) is 84.0 cm³/mol. The molecule has 0 amide bonds. The third-order valence-electron chi connectivity index (χ3n) is 4.69. The van der Waals surface area contributed by atoms with Gasteiger partial charge in [-0.05, 0) is 67.2 Å². The van der Waals surface area contributed by atoms with Gasteiger partial charge in [0, 0.05) is 8.95 Å². The molecule has 4 unspecified atom stereocenters. The Balaban J connectivity index is 1.71. The first kappa shape index (κ1) is 13.5. The Bertz CT molecular complexity index is 446. The van der Waals surface area contributed by atoms with Gasteiger partial charge < -0.3 is 0 Å². The van der Waals surface area contributed by atoms with E-state index in [1.54, 1.807) is 0 Å². The summed E-state index contributed by atoms with van der Waals surface area (Å²) in [5.74, 6) is 2.83. The predicted octanol–water partition coefficient (Wildman–Crippen LogP) is 6.32. The lowest BCUT2D eigenvalue weighted by Gasteiger charge is -2.24. The topological polar surface area (TPSA) is 0 Å². The minimum atomic E-state index is 0.140. The number of rotatable bonds is 3. The van der Waals surface area contributed by atoms with Gasteiger partial charge in [-0.1, -0.05) is 38.3 Å². The Kier molecular flexibility index (Phi) is 4.08. The Morgan fingerprint density at radius 1 is 1.22 bits per heavy atom. The molecule has 18 heavy (non-hydrogen) atoms. The fraction of sp³-hybridized carbons (Fsp3) is 0.600. The molecule has 2 aliphatic carbocycles. The smallest absolute Gasteiger partial charge is 0.0599 e. The molecule has 4 atom stereocenters. The van der Waals surface area contributed by atoms with Crippen LogP contribution in [0, 0.1) is 17.8 Å². The minimum absolute atomic E-state index is 0.140. The number of halogens is 3. The van der Waals surface area contributed by atoms with E-state index in [-0.39, 0.29) is 5.38 Å². The van der Waals surface area contributed by atoms with Gasteiger partial charge in [0.05, 0.1) is 5.38 Å². The van der Waals surface area contributed by atoms with Crippen molar-refractivity contribution in [2.45, 2.75) is 37.5 Å². The summed E-state index contributed by atoms with van der Waals surface area (Å²) in [4.78, 5) is 0. The van der Waals surface area contributed by atoms with E-state index < -0.39 is 0 Å². The van der Waals surface area contributed by atoms with Gasteiger partial charge in [0.25, 0.3) is 0 Å². The SMILES string of the molecule is ClC(CC1CC2CCC1C2)c1cc(Br)ccc1Br. The van der Waals surface area contributed by atoms with Crippen molar-refractivity contribution in [2.24, 2.45) is 17.8 Å². The second-order valence-corrected chi connectivity index (χ2v) is 8.10. The highest BCUT2D eigenvalue weighted by atomic mass is 79.9. The van der Waals surface area contributed by atoms with Gasteiger partial charge in [-0.2, -0.15) is 0 Å². The van der Waals surface area contributed by atoms with Crippen LogP contribution in [-0.4, -0.2) is 0 Å². The van der Waals surface area contributed by atoms with Crippen molar-refractivity contribution >= 4 is 43.5 Å². The molecule has 0 saturated heterocycles. The van der Waals surface area contributed by atoms with Crippen LogP contribution >= 0.6 is 43.5 Å². The van der Waals surface area contributed by atoms with Crippen LogP contribution in [0.25, 0.3) is 0 Å². The van der Waals surface area contributed by atoms with E-state index in [4.69, 9.17) is 11.6 Å². The zero-order valence-electron chi connectivity index (χ0n) is 10.2. The molecule has 98 valence electrons. The average molecular weight is 393 g/mol. The van der Waals surface area contributed by atoms with Crippen LogP contribution in [0.3, 0.4) is 0 Å². The maximum atomic E-state index is 6.65. The lowest BCUT2D eigenvalue weighted by Crippen LogP contribution is -2.12. The highest BCUT2D eigenvalue weighted by Crippen LogP contribution is 2.52. The van der Waals surface area contributed by atoms with Gasteiger partial charge in [0.15, 0.2) is 0 Å². The number of fused-ring (bicyclic) bond motifs is 2. The largest absolute Gasteiger partial charge is 0.118 e. The van der Waals surface area contributed by atoms with Crippen LogP contribution in [0.5, 0.6) is 0 Å². The van der Waals surface area contributed by atoms with Crippen molar-refractivity contribution < 1.29 is 0 Å². The zero-order valence-corrected chi connectivity index (χ0v) is 14.1. The summed E-state index contributed by atoms with van der Waals surface area (Å²) in [6.07, 6.45) is 6.93. The molecule has 1 aromatic carbocycles. The Labute approximate surface area is 131 Å². The molecule has 3 heteroatoms. The number of benzene rings is 1. The third-order valence-corrected chi connectivity index (χ3v) is 6.32. The van der Waals surface area contributed by atoms with E-state index >= 15 is 0 Å². The lowest BCUT2D eigenvalue weighted by molar-refractivity contribution is 0.311. The normalized spacial score (nSPS) is 31.8. The fourth-order valence-electron chi connectivity index (χ4n) is 3.81. The molecular formula is C15H17Br2Cl. The van der Waals surface area contributed by atoms with Crippen LogP contribution < -0.4 is 0 Å². The molecule has 2 fully saturated rings. The van der Waals surface area contributed by atoms with E-state index in [1.807, 2.05) is 0 Å². The molecule has 2 bridgehead atoms. The quantitative estimate of drug-likeness (QED) is 0.528. The van der Waals surface area contributed by atoms with E-state index in [0.717, 1.165) is 33.1 Å². The Morgan fingerprint density at radius 3 is 2.72 bits per heavy atom. The lowest BCUT2D eigenvalue weighted by atomic mass is 9.84. The second-order valence-electron chi connectivity index (χ2n) is 5.80. The van der Waals surface area contributed by atoms with Crippen LogP contribution in [0.1, 0.15) is 43.0 Å². The first-order valence-electron chi connectivity index (χ1n) is 6.72. The minimum Gasteiger partial charge on any atom is -0.118 e. The molecule has 0 nitrogen and oxygen atoms in total. The average Bonchev–Trinajstić information content (AvgIpc) is 2.94. The summed E-state index contributed by atoms with van der Waals surface area (Å²) in [6.45, 7) is 0. The van der Waals surface area contributed by atoms with Crippen molar-refractivity contribution in [3.63, 3.8) is 0 Å². The van der Waals surface area contributed by atoms with E-state index in [9.17, 15) is 0 Å². The number of hydrogen-bond donors (Lipinski definition) is 0. The van der Waals surface area contributed by atoms with Gasteiger partial charge in [0.2, 0.25) is 0 Å². The monoisotopic (exact) mass is 390 g/mol. The molecule has 3 rings (SSSR count). The molecule has 0 radical (unpaired) electrons. The molecule has 0 spiro atoms. The highest BCUT2D eigenvalue weighted by Gasteiger charge is 2.40. The van der Waals surface area contributed by atoms with E-state index in [0.29, 0.717) is 0 Å². The maximum absolute atomic E-state index is 6.65. The Hall–Kier alpha value is 0.470. The van der Waals surface area contributed by atoms with Crippen LogP contribution in [0.2, 0.25) is 0 Å². The maximum Gasteiger partial charge on any atom is 0.0599 e. The molecule has 0 aliphatic heterocycles. The summed E-state index contributed by atoms with van der Waals surface area (Å²) in [7, 11) is 0. The molecular weight excluding hydrogens is 375 g/mol. The zero-order chi connectivity index (χ0) is 12.7. The van der Waals surface area contributed by atoms with Crippen LogP contribution in [0.4, 0.5) is 0 Å². The summed E-state index contributed by atoms with van der Waals surface area (Å²) < 4.78 is 2.24. The van der Waals surface area contributed by atoms with Crippen molar-refractivity contribution in [1.29, 1.82) is 0 Å². The molecule has 2 saturated carbocycles. The first-order valence-corrected chi connectivity index (χ1v) is 8.74.